The SMILES string of the molecule is CCC(C)C1CNC(C2CC2)CN1C1CCCC(OC)C1. The van der Waals surface area contributed by atoms with Gasteiger partial charge in [0, 0.05) is 38.3 Å². The molecule has 3 rings (SSSR count). The van der Waals surface area contributed by atoms with Crippen molar-refractivity contribution in [2.45, 2.75) is 83.0 Å². The fraction of sp³-hybridized carbons (Fsp3) is 1.00. The van der Waals surface area contributed by atoms with Gasteiger partial charge in [-0.15, -0.1) is 0 Å². The third-order valence-corrected chi connectivity index (χ3v) is 6.32. The Balaban J connectivity index is 1.68. The van der Waals surface area contributed by atoms with Crippen LogP contribution in [0, 0.1) is 11.8 Å². The van der Waals surface area contributed by atoms with Crippen LogP contribution in [-0.2, 0) is 4.74 Å². The van der Waals surface area contributed by atoms with Gasteiger partial charge in [-0.2, -0.15) is 0 Å². The van der Waals surface area contributed by atoms with Gasteiger partial charge in [0.15, 0.2) is 0 Å². The van der Waals surface area contributed by atoms with Crippen molar-refractivity contribution in [1.82, 2.24) is 10.2 Å². The number of piperazine rings is 1. The van der Waals surface area contributed by atoms with Crippen LogP contribution < -0.4 is 5.32 Å². The summed E-state index contributed by atoms with van der Waals surface area (Å²) in [5, 5.41) is 3.87. The van der Waals surface area contributed by atoms with Crippen molar-refractivity contribution >= 4 is 0 Å². The van der Waals surface area contributed by atoms with E-state index < -0.39 is 0 Å². The number of hydrogen-bond donors (Lipinski definition) is 1. The first-order valence-electron chi connectivity index (χ1n) is 9.24. The Labute approximate surface area is 130 Å². The maximum atomic E-state index is 5.68. The lowest BCUT2D eigenvalue weighted by Gasteiger charge is -2.49. The van der Waals surface area contributed by atoms with E-state index in [2.05, 4.69) is 24.1 Å². The van der Waals surface area contributed by atoms with Gasteiger partial charge in [0.25, 0.3) is 0 Å². The second-order valence-corrected chi connectivity index (χ2v) is 7.68. The maximum absolute atomic E-state index is 5.68. The molecule has 5 atom stereocenters. The first-order chi connectivity index (χ1) is 10.2. The highest BCUT2D eigenvalue weighted by Crippen LogP contribution is 2.37. The monoisotopic (exact) mass is 294 g/mol. The van der Waals surface area contributed by atoms with E-state index in [0.29, 0.717) is 6.10 Å². The van der Waals surface area contributed by atoms with Crippen molar-refractivity contribution < 1.29 is 4.74 Å². The first-order valence-corrected chi connectivity index (χ1v) is 9.24. The molecule has 21 heavy (non-hydrogen) atoms. The second-order valence-electron chi connectivity index (χ2n) is 7.68. The zero-order valence-electron chi connectivity index (χ0n) is 14.2. The average molecular weight is 294 g/mol. The molecule has 2 aliphatic carbocycles. The van der Waals surface area contributed by atoms with E-state index >= 15 is 0 Å². The molecule has 0 aromatic carbocycles. The molecule has 0 bridgehead atoms. The molecule has 3 aliphatic rings. The standard InChI is InChI=1S/C18H34N2O/c1-4-13(2)18-11-19-17(14-8-9-14)12-20(18)15-6-5-7-16(10-15)21-3/h13-19H,4-12H2,1-3H3. The Morgan fingerprint density at radius 1 is 1.24 bits per heavy atom. The van der Waals surface area contributed by atoms with Crippen molar-refractivity contribution in [2.24, 2.45) is 11.8 Å². The minimum Gasteiger partial charge on any atom is -0.381 e. The molecule has 1 heterocycles. The van der Waals surface area contributed by atoms with Gasteiger partial charge in [-0.1, -0.05) is 20.3 Å². The topological polar surface area (TPSA) is 24.5 Å². The van der Waals surface area contributed by atoms with Crippen LogP contribution in [0.1, 0.15) is 58.8 Å². The first kappa shape index (κ1) is 15.8. The number of methoxy groups -OCH3 is 1. The molecule has 3 fully saturated rings. The molecule has 5 unspecified atom stereocenters. The van der Waals surface area contributed by atoms with Crippen LogP contribution in [0.25, 0.3) is 0 Å². The van der Waals surface area contributed by atoms with E-state index in [1.165, 1.54) is 58.0 Å². The summed E-state index contributed by atoms with van der Waals surface area (Å²) >= 11 is 0. The third kappa shape index (κ3) is 3.62. The van der Waals surface area contributed by atoms with Crippen LogP contribution in [0.3, 0.4) is 0 Å². The van der Waals surface area contributed by atoms with Crippen molar-refractivity contribution in [3.63, 3.8) is 0 Å². The van der Waals surface area contributed by atoms with Gasteiger partial charge < -0.3 is 10.1 Å². The normalized spacial score (nSPS) is 40.1. The molecule has 2 saturated carbocycles. The number of nitrogens with one attached hydrogen (secondary N) is 1. The summed E-state index contributed by atoms with van der Waals surface area (Å²) in [5.41, 5.74) is 0. The molecule has 122 valence electrons. The summed E-state index contributed by atoms with van der Waals surface area (Å²) in [5.74, 6) is 1.76. The predicted octanol–water partition coefficient (Wildman–Crippen LogP) is 3.04. The van der Waals surface area contributed by atoms with Gasteiger partial charge in [-0.25, -0.2) is 0 Å². The fourth-order valence-electron chi connectivity index (χ4n) is 4.49. The zero-order chi connectivity index (χ0) is 14.8. The van der Waals surface area contributed by atoms with Gasteiger partial charge >= 0.3 is 0 Å². The highest BCUT2D eigenvalue weighted by molar-refractivity contribution is 4.98. The van der Waals surface area contributed by atoms with Crippen LogP contribution in [0.15, 0.2) is 0 Å². The van der Waals surface area contributed by atoms with Crippen molar-refractivity contribution in [3.8, 4) is 0 Å². The minimum absolute atomic E-state index is 0.496. The lowest BCUT2D eigenvalue weighted by atomic mass is 9.86. The molecule has 1 N–H and O–H groups in total. The van der Waals surface area contributed by atoms with Crippen LogP contribution in [0.4, 0.5) is 0 Å². The number of rotatable bonds is 5. The number of ether oxygens (including phenoxy) is 1. The molecule has 1 saturated heterocycles. The lowest BCUT2D eigenvalue weighted by Crippen LogP contribution is -2.62. The average Bonchev–Trinajstić information content (AvgIpc) is 3.38. The molecular formula is C18H34N2O. The Kier molecular flexibility index (Phi) is 5.23. The maximum Gasteiger partial charge on any atom is 0.0586 e. The van der Waals surface area contributed by atoms with Crippen molar-refractivity contribution in [2.75, 3.05) is 20.2 Å². The van der Waals surface area contributed by atoms with Crippen LogP contribution >= 0.6 is 0 Å². The van der Waals surface area contributed by atoms with Gasteiger partial charge in [-0.05, 0) is 50.4 Å². The summed E-state index contributed by atoms with van der Waals surface area (Å²) in [7, 11) is 1.89. The van der Waals surface area contributed by atoms with Crippen molar-refractivity contribution in [1.29, 1.82) is 0 Å². The summed E-state index contributed by atoms with van der Waals surface area (Å²) in [6.45, 7) is 7.26. The summed E-state index contributed by atoms with van der Waals surface area (Å²) in [6.07, 6.45) is 9.92. The Morgan fingerprint density at radius 3 is 2.71 bits per heavy atom. The Hall–Kier alpha value is -0.120. The van der Waals surface area contributed by atoms with E-state index in [-0.39, 0.29) is 0 Å². The minimum atomic E-state index is 0.496. The highest BCUT2D eigenvalue weighted by Gasteiger charge is 2.41. The van der Waals surface area contributed by atoms with Crippen LogP contribution in [-0.4, -0.2) is 49.3 Å². The molecular weight excluding hydrogens is 260 g/mol. The van der Waals surface area contributed by atoms with E-state index in [4.69, 9.17) is 4.74 Å². The van der Waals surface area contributed by atoms with E-state index in [1.807, 2.05) is 7.11 Å². The summed E-state index contributed by atoms with van der Waals surface area (Å²) in [6, 6.07) is 2.24. The largest absolute Gasteiger partial charge is 0.381 e. The van der Waals surface area contributed by atoms with Gasteiger partial charge in [-0.3, -0.25) is 4.90 Å². The zero-order valence-corrected chi connectivity index (χ0v) is 14.2. The number of nitrogens with zero attached hydrogens (tertiary/aromatic N) is 1. The molecule has 0 radical (unpaired) electrons. The summed E-state index contributed by atoms with van der Waals surface area (Å²) < 4.78 is 5.68. The van der Waals surface area contributed by atoms with Gasteiger partial charge in [0.1, 0.15) is 0 Å². The molecule has 0 spiro atoms. The van der Waals surface area contributed by atoms with Crippen molar-refractivity contribution in [3.05, 3.63) is 0 Å². The highest BCUT2D eigenvalue weighted by atomic mass is 16.5. The molecule has 0 aromatic rings. The lowest BCUT2D eigenvalue weighted by molar-refractivity contribution is -0.0140. The van der Waals surface area contributed by atoms with E-state index in [1.54, 1.807) is 0 Å². The Bertz CT molecular complexity index is 331. The predicted molar refractivity (Wildman–Crippen MR) is 87.5 cm³/mol. The molecule has 3 heteroatoms. The van der Waals surface area contributed by atoms with Gasteiger partial charge in [0.2, 0.25) is 0 Å². The van der Waals surface area contributed by atoms with E-state index in [0.717, 1.165) is 30.0 Å². The van der Waals surface area contributed by atoms with Crippen LogP contribution in [0.5, 0.6) is 0 Å². The molecule has 1 aliphatic heterocycles. The van der Waals surface area contributed by atoms with E-state index in [9.17, 15) is 0 Å². The quantitative estimate of drug-likeness (QED) is 0.843. The molecule has 0 aromatic heterocycles. The molecule has 0 amide bonds. The molecule has 3 nitrogen and oxygen atoms in total. The van der Waals surface area contributed by atoms with Crippen LogP contribution in [0.2, 0.25) is 0 Å². The second kappa shape index (κ2) is 6.97. The number of hydrogen-bond acceptors (Lipinski definition) is 3. The third-order valence-electron chi connectivity index (χ3n) is 6.32. The Morgan fingerprint density at radius 2 is 2.05 bits per heavy atom. The summed E-state index contributed by atoms with van der Waals surface area (Å²) in [4.78, 5) is 2.89. The fourth-order valence-corrected chi connectivity index (χ4v) is 4.49. The smallest absolute Gasteiger partial charge is 0.0586 e. The van der Waals surface area contributed by atoms with Gasteiger partial charge in [0.05, 0.1) is 6.10 Å².